The van der Waals surface area contributed by atoms with Gasteiger partial charge >= 0.3 is 0 Å². The minimum Gasteiger partial charge on any atom is -0.346 e. The maximum Gasteiger partial charge on any atom is 0.233 e. The molecule has 4 aliphatic heterocycles. The topological polar surface area (TPSA) is 62.9 Å². The van der Waals surface area contributed by atoms with E-state index in [9.17, 15) is 9.59 Å². The average Bonchev–Trinajstić information content (AvgIpc) is 3.81. The van der Waals surface area contributed by atoms with Crippen molar-refractivity contribution in [3.8, 4) is 11.3 Å². The number of likely N-dealkylation sites (N-methyl/N-ethyl adjacent to an activating group) is 1. The third-order valence-electron chi connectivity index (χ3n) is 11.7. The number of H-pyrrole nitrogens is 1. The fourth-order valence-electron chi connectivity index (χ4n) is 8.75. The molecule has 46 heavy (non-hydrogen) atoms. The van der Waals surface area contributed by atoms with Crippen molar-refractivity contribution in [1.82, 2.24) is 24.6 Å². The minimum absolute atomic E-state index is 0.312. The van der Waals surface area contributed by atoms with Crippen molar-refractivity contribution in [1.29, 1.82) is 0 Å². The molecule has 3 aromatic rings. The van der Waals surface area contributed by atoms with Crippen LogP contribution in [-0.4, -0.2) is 101 Å². The van der Waals surface area contributed by atoms with Gasteiger partial charge in [0, 0.05) is 61.5 Å². The SMILES string of the molecule is Cc1cc(C)cc(-c2[nH]c3sc(C(C)(C)C(=O)N4C5CCC4CC5)cc3c2CCN2CCC(CC(=O)N3CCN(C)CC3)CC2)c1. The molecule has 248 valence electrons. The predicted octanol–water partition coefficient (Wildman–Crippen LogP) is 6.36. The van der Waals surface area contributed by atoms with Crippen LogP contribution in [0.25, 0.3) is 21.5 Å². The summed E-state index contributed by atoms with van der Waals surface area (Å²) in [7, 11) is 2.14. The molecule has 0 aliphatic carbocycles. The number of benzene rings is 1. The molecular formula is C38H53N5O2S. The molecule has 0 radical (unpaired) electrons. The van der Waals surface area contributed by atoms with Crippen LogP contribution in [0.1, 0.15) is 80.4 Å². The molecule has 0 atom stereocenters. The molecule has 2 aromatic heterocycles. The van der Waals surface area contributed by atoms with E-state index >= 15 is 0 Å². The Morgan fingerprint density at radius 1 is 0.870 bits per heavy atom. The summed E-state index contributed by atoms with van der Waals surface area (Å²) < 4.78 is 0. The first-order valence-corrected chi connectivity index (χ1v) is 18.6. The van der Waals surface area contributed by atoms with Crippen molar-refractivity contribution in [3.63, 3.8) is 0 Å². The highest BCUT2D eigenvalue weighted by Crippen LogP contribution is 2.44. The van der Waals surface area contributed by atoms with Crippen molar-refractivity contribution < 1.29 is 9.59 Å². The number of rotatable bonds is 8. The number of carbonyl (C=O) groups is 2. The summed E-state index contributed by atoms with van der Waals surface area (Å²) in [6, 6.07) is 10.1. The van der Waals surface area contributed by atoms with Crippen LogP contribution in [0.4, 0.5) is 0 Å². The molecule has 6 heterocycles. The summed E-state index contributed by atoms with van der Waals surface area (Å²) in [5.74, 6) is 1.16. The molecule has 1 N–H and O–H groups in total. The molecular weight excluding hydrogens is 591 g/mol. The zero-order valence-corrected chi connectivity index (χ0v) is 29.5. The second kappa shape index (κ2) is 12.7. The minimum atomic E-state index is -0.531. The number of carbonyl (C=O) groups excluding carboxylic acids is 2. The van der Waals surface area contributed by atoms with E-state index in [0.717, 1.165) is 65.1 Å². The Kier molecular flexibility index (Phi) is 8.83. The summed E-state index contributed by atoms with van der Waals surface area (Å²) in [4.78, 5) is 42.4. The maximum absolute atomic E-state index is 14.0. The fraction of sp³-hybridized carbons (Fsp3) is 0.632. The smallest absolute Gasteiger partial charge is 0.233 e. The van der Waals surface area contributed by atoms with Gasteiger partial charge in [0.1, 0.15) is 4.83 Å². The molecule has 4 fully saturated rings. The summed E-state index contributed by atoms with van der Waals surface area (Å²) in [5, 5.41) is 1.28. The van der Waals surface area contributed by atoms with Gasteiger partial charge in [-0.25, -0.2) is 0 Å². The van der Waals surface area contributed by atoms with Crippen LogP contribution < -0.4 is 0 Å². The number of amides is 2. The number of thiophene rings is 1. The molecule has 7 nitrogen and oxygen atoms in total. The Labute approximate surface area is 279 Å². The van der Waals surface area contributed by atoms with Crippen molar-refractivity contribution in [3.05, 3.63) is 45.8 Å². The highest BCUT2D eigenvalue weighted by atomic mass is 32.1. The number of fused-ring (bicyclic) bond motifs is 3. The number of aryl methyl sites for hydroxylation is 2. The molecule has 2 bridgehead atoms. The zero-order chi connectivity index (χ0) is 32.2. The number of nitrogens with one attached hydrogen (secondary N) is 1. The molecule has 4 aliphatic rings. The van der Waals surface area contributed by atoms with Gasteiger partial charge in [0.25, 0.3) is 0 Å². The molecule has 0 unspecified atom stereocenters. The van der Waals surface area contributed by atoms with Gasteiger partial charge in [-0.2, -0.15) is 0 Å². The third kappa shape index (κ3) is 6.17. The highest BCUT2D eigenvalue weighted by Gasteiger charge is 2.47. The molecule has 0 saturated carbocycles. The van der Waals surface area contributed by atoms with E-state index in [2.05, 4.69) is 83.6 Å². The lowest BCUT2D eigenvalue weighted by atomic mass is 9.88. The maximum atomic E-state index is 14.0. The van der Waals surface area contributed by atoms with E-state index in [1.165, 1.54) is 68.7 Å². The van der Waals surface area contributed by atoms with Crippen molar-refractivity contribution >= 4 is 33.4 Å². The van der Waals surface area contributed by atoms with Gasteiger partial charge in [-0.15, -0.1) is 11.3 Å². The first-order chi connectivity index (χ1) is 22.1. The number of piperidine rings is 1. The summed E-state index contributed by atoms with van der Waals surface area (Å²) in [6.07, 6.45) is 8.56. The number of hydrogen-bond acceptors (Lipinski definition) is 5. The van der Waals surface area contributed by atoms with Crippen LogP contribution in [0.3, 0.4) is 0 Å². The van der Waals surface area contributed by atoms with Crippen molar-refractivity contribution in [2.75, 3.05) is 52.9 Å². The van der Waals surface area contributed by atoms with Crippen LogP contribution in [-0.2, 0) is 21.4 Å². The number of hydrogen-bond donors (Lipinski definition) is 1. The Balaban J connectivity index is 1.07. The van der Waals surface area contributed by atoms with Crippen LogP contribution in [0.2, 0.25) is 0 Å². The Hall–Kier alpha value is -2.68. The van der Waals surface area contributed by atoms with E-state index < -0.39 is 5.41 Å². The van der Waals surface area contributed by atoms with Gasteiger partial charge in [-0.05, 0) is 128 Å². The lowest BCUT2D eigenvalue weighted by Crippen LogP contribution is -2.47. The van der Waals surface area contributed by atoms with Gasteiger partial charge in [0.05, 0.1) is 11.1 Å². The first-order valence-electron chi connectivity index (χ1n) is 17.8. The van der Waals surface area contributed by atoms with E-state index in [-0.39, 0.29) is 0 Å². The van der Waals surface area contributed by atoms with Crippen LogP contribution in [0, 0.1) is 19.8 Å². The number of nitrogens with zero attached hydrogens (tertiary/aromatic N) is 4. The standard InChI is InChI=1S/C38H53N5O2S/c1-25-20-26(2)22-28(21-25)35-31(12-15-41-13-10-27(11-14-41)23-34(44)42-18-16-40(5)17-19-42)32-24-33(46-36(32)39-35)38(3,4)37(45)43-29-6-7-30(43)9-8-29/h20-22,24,27,29-30,39H,6-19,23H2,1-5H3. The Bertz CT molecular complexity index is 1550. The lowest BCUT2D eigenvalue weighted by molar-refractivity contribution is -0.137. The second-order valence-corrected chi connectivity index (χ2v) is 16.5. The van der Waals surface area contributed by atoms with Crippen molar-refractivity contribution in [2.24, 2.45) is 5.92 Å². The summed E-state index contributed by atoms with van der Waals surface area (Å²) in [6.45, 7) is 15.5. The van der Waals surface area contributed by atoms with E-state index in [1.54, 1.807) is 11.3 Å². The molecule has 2 amide bonds. The number of likely N-dealkylation sites (tertiary alicyclic amines) is 1. The van der Waals surface area contributed by atoms with Crippen LogP contribution in [0.15, 0.2) is 24.3 Å². The van der Waals surface area contributed by atoms with E-state index in [4.69, 9.17) is 0 Å². The normalized spacial score (nSPS) is 23.2. The van der Waals surface area contributed by atoms with Gasteiger partial charge in [-0.1, -0.05) is 17.2 Å². The Morgan fingerprint density at radius 3 is 2.13 bits per heavy atom. The average molecular weight is 644 g/mol. The zero-order valence-electron chi connectivity index (χ0n) is 28.7. The predicted molar refractivity (Wildman–Crippen MR) is 189 cm³/mol. The third-order valence-corrected chi connectivity index (χ3v) is 13.0. The monoisotopic (exact) mass is 643 g/mol. The fourth-order valence-corrected chi connectivity index (χ4v) is 9.94. The van der Waals surface area contributed by atoms with Gasteiger partial charge in [0.2, 0.25) is 11.8 Å². The highest BCUT2D eigenvalue weighted by molar-refractivity contribution is 7.19. The second-order valence-electron chi connectivity index (χ2n) is 15.4. The largest absolute Gasteiger partial charge is 0.346 e. The molecule has 8 heteroatoms. The summed E-state index contributed by atoms with van der Waals surface area (Å²) >= 11 is 1.78. The number of piperazine rings is 1. The summed E-state index contributed by atoms with van der Waals surface area (Å²) in [5.41, 5.74) is 5.88. The van der Waals surface area contributed by atoms with Crippen LogP contribution >= 0.6 is 11.3 Å². The first kappa shape index (κ1) is 31.9. The quantitative estimate of drug-likeness (QED) is 0.310. The van der Waals surface area contributed by atoms with E-state index in [1.807, 2.05) is 0 Å². The Morgan fingerprint density at radius 2 is 1.50 bits per heavy atom. The van der Waals surface area contributed by atoms with Gasteiger partial charge < -0.3 is 24.6 Å². The molecule has 0 spiro atoms. The number of aromatic nitrogens is 1. The lowest BCUT2D eigenvalue weighted by Gasteiger charge is -2.35. The van der Waals surface area contributed by atoms with Crippen molar-refractivity contribution in [2.45, 2.75) is 96.6 Å². The molecule has 4 saturated heterocycles. The van der Waals surface area contributed by atoms with Gasteiger partial charge in [-0.3, -0.25) is 9.59 Å². The molecule has 7 rings (SSSR count). The number of aromatic amines is 1. The van der Waals surface area contributed by atoms with Crippen LogP contribution in [0.5, 0.6) is 0 Å². The van der Waals surface area contributed by atoms with E-state index in [0.29, 0.717) is 36.2 Å². The molecule has 1 aromatic carbocycles. The van der Waals surface area contributed by atoms with Gasteiger partial charge in [0.15, 0.2) is 0 Å².